The quantitative estimate of drug-likeness (QED) is 0.465. The van der Waals surface area contributed by atoms with Crippen molar-refractivity contribution >= 4 is 7.82 Å². The first kappa shape index (κ1) is 20.4. The third-order valence-corrected chi connectivity index (χ3v) is 1.80. The standard InChI is InChI=1S/C8H18O.H3N.H3O4P/c1-3-5-6-8(4-2)7-9;;1-5(2,3)4/h8-9H,3-7H2,1-2H3;1H3;(H3,1,2,3,4). The number of aliphatic hydroxyl groups is 1. The lowest BCUT2D eigenvalue weighted by Crippen LogP contribution is -2.03. The van der Waals surface area contributed by atoms with Gasteiger partial charge >= 0.3 is 7.82 Å². The molecule has 0 aliphatic carbocycles. The predicted octanol–water partition coefficient (Wildman–Crippen LogP) is 1.43. The van der Waals surface area contributed by atoms with Gasteiger partial charge < -0.3 is 25.9 Å². The van der Waals surface area contributed by atoms with Gasteiger partial charge in [0.15, 0.2) is 0 Å². The Balaban J connectivity index is -0.000000208. The lowest BCUT2D eigenvalue weighted by atomic mass is 10.0. The van der Waals surface area contributed by atoms with Crippen LogP contribution < -0.4 is 6.15 Å². The zero-order chi connectivity index (χ0) is 11.6. The molecular weight excluding hydrogens is 221 g/mol. The van der Waals surface area contributed by atoms with Gasteiger partial charge in [-0.2, -0.15) is 0 Å². The molecule has 6 nitrogen and oxygen atoms in total. The number of rotatable bonds is 5. The SMILES string of the molecule is CCCCC(CC)CO.N.O=P(O)(O)O. The molecule has 0 amide bonds. The lowest BCUT2D eigenvalue weighted by Gasteiger charge is -2.08. The number of unbranched alkanes of at least 4 members (excludes halogenated alkanes) is 1. The van der Waals surface area contributed by atoms with Crippen molar-refractivity contribution < 1.29 is 24.4 Å². The summed E-state index contributed by atoms with van der Waals surface area (Å²) in [7, 11) is -4.64. The highest BCUT2D eigenvalue weighted by atomic mass is 31.2. The summed E-state index contributed by atoms with van der Waals surface area (Å²) in [6.07, 6.45) is 4.83. The van der Waals surface area contributed by atoms with Gasteiger partial charge in [-0.25, -0.2) is 4.57 Å². The molecule has 15 heavy (non-hydrogen) atoms. The van der Waals surface area contributed by atoms with E-state index >= 15 is 0 Å². The summed E-state index contributed by atoms with van der Waals surface area (Å²) in [5, 5.41) is 8.75. The minimum atomic E-state index is -4.64. The van der Waals surface area contributed by atoms with Gasteiger partial charge in [0.2, 0.25) is 0 Å². The molecule has 0 spiro atoms. The average molecular weight is 245 g/mol. The van der Waals surface area contributed by atoms with E-state index in [0.29, 0.717) is 12.5 Å². The van der Waals surface area contributed by atoms with Crippen molar-refractivity contribution in [2.45, 2.75) is 39.5 Å². The van der Waals surface area contributed by atoms with Crippen molar-refractivity contribution in [3.8, 4) is 0 Å². The monoisotopic (exact) mass is 245 g/mol. The van der Waals surface area contributed by atoms with Gasteiger partial charge in [-0.1, -0.05) is 33.1 Å². The first-order valence-corrected chi connectivity index (χ1v) is 6.30. The molecule has 0 bridgehead atoms. The minimum Gasteiger partial charge on any atom is -0.396 e. The fourth-order valence-corrected chi connectivity index (χ4v) is 0.917. The maximum atomic E-state index is 8.88. The van der Waals surface area contributed by atoms with Crippen LogP contribution >= 0.6 is 7.82 Å². The Hall–Kier alpha value is 0.0300. The number of aliphatic hydroxyl groups excluding tert-OH is 1. The van der Waals surface area contributed by atoms with Crippen LogP contribution in [0.25, 0.3) is 0 Å². The van der Waals surface area contributed by atoms with Gasteiger partial charge in [0, 0.05) is 6.61 Å². The van der Waals surface area contributed by atoms with Crippen molar-refractivity contribution in [3.05, 3.63) is 0 Å². The third kappa shape index (κ3) is 31.5. The Kier molecular flexibility index (Phi) is 16.5. The second kappa shape index (κ2) is 12.1. The van der Waals surface area contributed by atoms with E-state index in [1.165, 1.54) is 19.3 Å². The zero-order valence-electron chi connectivity index (χ0n) is 9.46. The van der Waals surface area contributed by atoms with E-state index in [2.05, 4.69) is 13.8 Å². The summed E-state index contributed by atoms with van der Waals surface area (Å²) in [4.78, 5) is 21.6. The van der Waals surface area contributed by atoms with Gasteiger partial charge in [0.25, 0.3) is 0 Å². The molecule has 0 saturated carbocycles. The number of phosphoric acid groups is 1. The molecule has 7 heteroatoms. The van der Waals surface area contributed by atoms with Crippen molar-refractivity contribution in [1.82, 2.24) is 6.15 Å². The molecule has 96 valence electrons. The molecule has 0 rings (SSSR count). The molecule has 0 aliphatic heterocycles. The maximum absolute atomic E-state index is 8.88. The maximum Gasteiger partial charge on any atom is 0.466 e. The highest BCUT2D eigenvalue weighted by Crippen LogP contribution is 2.25. The van der Waals surface area contributed by atoms with Gasteiger partial charge in [-0.3, -0.25) is 0 Å². The number of hydrogen-bond acceptors (Lipinski definition) is 3. The van der Waals surface area contributed by atoms with Crippen LogP contribution in [0.2, 0.25) is 0 Å². The Morgan fingerprint density at radius 3 is 1.80 bits per heavy atom. The molecule has 0 aromatic heterocycles. The molecule has 7 N–H and O–H groups in total. The van der Waals surface area contributed by atoms with Gasteiger partial charge in [-0.15, -0.1) is 0 Å². The highest BCUT2D eigenvalue weighted by molar-refractivity contribution is 7.45. The second-order valence-corrected chi connectivity index (χ2v) is 4.14. The minimum absolute atomic E-state index is 0. The van der Waals surface area contributed by atoms with E-state index in [0.717, 1.165) is 6.42 Å². The molecule has 1 atom stereocenters. The second-order valence-electron chi connectivity index (χ2n) is 3.11. The summed E-state index contributed by atoms with van der Waals surface area (Å²) in [6, 6.07) is 0. The number of hydrogen-bond donors (Lipinski definition) is 5. The Morgan fingerprint density at radius 1 is 1.20 bits per heavy atom. The van der Waals surface area contributed by atoms with Crippen molar-refractivity contribution in [2.75, 3.05) is 6.61 Å². The van der Waals surface area contributed by atoms with Gasteiger partial charge in [0.1, 0.15) is 0 Å². The first-order valence-electron chi connectivity index (χ1n) is 4.74. The third-order valence-electron chi connectivity index (χ3n) is 1.80. The summed E-state index contributed by atoms with van der Waals surface area (Å²) in [5.41, 5.74) is 0. The fraction of sp³-hybridized carbons (Fsp3) is 1.00. The van der Waals surface area contributed by atoms with Crippen LogP contribution in [0.15, 0.2) is 0 Å². The molecule has 0 fully saturated rings. The summed E-state index contributed by atoms with van der Waals surface area (Å²) in [6.45, 7) is 4.69. The topological polar surface area (TPSA) is 133 Å². The molecule has 0 aromatic carbocycles. The smallest absolute Gasteiger partial charge is 0.396 e. The fourth-order valence-electron chi connectivity index (χ4n) is 0.917. The van der Waals surface area contributed by atoms with Crippen LogP contribution in [-0.4, -0.2) is 26.4 Å². The van der Waals surface area contributed by atoms with Crippen LogP contribution in [-0.2, 0) is 4.57 Å². The van der Waals surface area contributed by atoms with Crippen LogP contribution in [0, 0.1) is 5.92 Å². The highest BCUT2D eigenvalue weighted by Gasteiger charge is 2.01. The van der Waals surface area contributed by atoms with E-state index in [1.54, 1.807) is 0 Å². The zero-order valence-corrected chi connectivity index (χ0v) is 10.4. The normalized spacial score (nSPS) is 12.1. The largest absolute Gasteiger partial charge is 0.466 e. The predicted molar refractivity (Wildman–Crippen MR) is 59.7 cm³/mol. The Bertz CT molecular complexity index is 149. The summed E-state index contributed by atoms with van der Waals surface area (Å²) >= 11 is 0. The van der Waals surface area contributed by atoms with Crippen molar-refractivity contribution in [3.63, 3.8) is 0 Å². The lowest BCUT2D eigenvalue weighted by molar-refractivity contribution is 0.212. The van der Waals surface area contributed by atoms with Gasteiger partial charge in [-0.05, 0) is 12.3 Å². The van der Waals surface area contributed by atoms with E-state index in [9.17, 15) is 0 Å². The average Bonchev–Trinajstić information content (AvgIpc) is 2.04. The molecule has 0 radical (unpaired) electrons. The molecule has 0 saturated heterocycles. The van der Waals surface area contributed by atoms with Crippen LogP contribution in [0.1, 0.15) is 39.5 Å². The molecule has 0 aliphatic rings. The van der Waals surface area contributed by atoms with E-state index in [1.807, 2.05) is 0 Å². The molecule has 0 heterocycles. The summed E-state index contributed by atoms with van der Waals surface area (Å²) < 4.78 is 8.88. The van der Waals surface area contributed by atoms with Gasteiger partial charge in [0.05, 0.1) is 0 Å². The van der Waals surface area contributed by atoms with Crippen LogP contribution in [0.3, 0.4) is 0 Å². The summed E-state index contributed by atoms with van der Waals surface area (Å²) in [5.74, 6) is 0.560. The Morgan fingerprint density at radius 2 is 1.60 bits per heavy atom. The van der Waals surface area contributed by atoms with Crippen molar-refractivity contribution in [2.24, 2.45) is 5.92 Å². The van der Waals surface area contributed by atoms with E-state index < -0.39 is 7.82 Å². The van der Waals surface area contributed by atoms with E-state index in [-0.39, 0.29) is 6.15 Å². The first-order chi connectivity index (χ1) is 6.35. The Labute approximate surface area is 91.2 Å². The molecule has 0 aromatic rings. The van der Waals surface area contributed by atoms with E-state index in [4.69, 9.17) is 24.4 Å². The molecule has 1 unspecified atom stereocenters. The van der Waals surface area contributed by atoms with Crippen LogP contribution in [0.4, 0.5) is 0 Å². The van der Waals surface area contributed by atoms with Crippen molar-refractivity contribution in [1.29, 1.82) is 0 Å². The van der Waals surface area contributed by atoms with Crippen LogP contribution in [0.5, 0.6) is 0 Å². The molecular formula is C8H24NO5P.